The predicted molar refractivity (Wildman–Crippen MR) is 120 cm³/mol. The molecule has 1 saturated carbocycles. The van der Waals surface area contributed by atoms with E-state index in [1.165, 1.54) is 25.1 Å². The molecular formula is C21H25Cl2N3O7. The van der Waals surface area contributed by atoms with E-state index < -0.39 is 64.5 Å². The first-order valence-electron chi connectivity index (χ1n) is 10.00. The van der Waals surface area contributed by atoms with Gasteiger partial charge < -0.3 is 31.9 Å². The van der Waals surface area contributed by atoms with Gasteiger partial charge in [-0.05, 0) is 44.5 Å². The molecule has 180 valence electrons. The number of rotatable bonds is 2. The van der Waals surface area contributed by atoms with Gasteiger partial charge in [-0.15, -0.1) is 12.4 Å². The fourth-order valence-electron chi connectivity index (χ4n) is 5.84. The molecule has 0 aromatic heterocycles. The maximum absolute atomic E-state index is 13.3. The summed E-state index contributed by atoms with van der Waals surface area (Å²) >= 11 is 6.06. The third-order valence-electron chi connectivity index (χ3n) is 7.34. The minimum absolute atomic E-state index is 0. The number of anilines is 1. The first-order chi connectivity index (χ1) is 14.8. The molecule has 1 aromatic carbocycles. The standard InChI is InChI=1S/C21H24ClN3O7.ClH/c1-25(2)20(19(24)31)10-5-8-3-7-4-9(22)15(23)17(29)13(7)16(28)14(8)18(30)21(10,32)12(27)6-11(20)26;/h4,8,10-11,26,29-30,32H,3,5-6,23H2,1-2H3,(H2,24,31);1H. The molecule has 0 aliphatic heterocycles. The first kappa shape index (κ1) is 25.3. The Morgan fingerprint density at radius 2 is 1.85 bits per heavy atom. The number of carbonyl (C=O) groups excluding carboxylic acids is 3. The maximum atomic E-state index is 13.3. The summed E-state index contributed by atoms with van der Waals surface area (Å²) in [5.41, 5.74) is 6.69. The van der Waals surface area contributed by atoms with Crippen LogP contribution in [-0.2, 0) is 16.0 Å². The number of primary amides is 1. The molecule has 0 spiro atoms. The number of Topliss-reactive ketones (excluding diaryl/α,β-unsaturated/α-hetero) is 2. The van der Waals surface area contributed by atoms with E-state index in [9.17, 15) is 34.8 Å². The third-order valence-corrected chi connectivity index (χ3v) is 7.65. The number of halogens is 2. The molecule has 5 atom stereocenters. The molecule has 1 amide bonds. The van der Waals surface area contributed by atoms with Crippen LogP contribution in [-0.4, -0.2) is 74.1 Å². The zero-order chi connectivity index (χ0) is 23.9. The van der Waals surface area contributed by atoms with Gasteiger partial charge in [0.05, 0.1) is 22.4 Å². The molecular weight excluding hydrogens is 477 g/mol. The lowest BCUT2D eigenvalue weighted by atomic mass is 9.53. The minimum atomic E-state index is -2.62. The fourth-order valence-corrected chi connectivity index (χ4v) is 6.06. The average molecular weight is 502 g/mol. The average Bonchev–Trinajstić information content (AvgIpc) is 2.68. The van der Waals surface area contributed by atoms with Crippen LogP contribution in [0.5, 0.6) is 5.75 Å². The van der Waals surface area contributed by atoms with Gasteiger partial charge in [0.25, 0.3) is 0 Å². The normalized spacial score (nSPS) is 33.2. The number of fused-ring (bicyclic) bond motifs is 3. The Kier molecular flexibility index (Phi) is 6.01. The Labute approximate surface area is 200 Å². The van der Waals surface area contributed by atoms with E-state index in [1.54, 1.807) is 0 Å². The van der Waals surface area contributed by atoms with Crippen LogP contribution < -0.4 is 11.5 Å². The van der Waals surface area contributed by atoms with Crippen molar-refractivity contribution in [3.8, 4) is 5.75 Å². The van der Waals surface area contributed by atoms with Crippen molar-refractivity contribution in [2.45, 2.75) is 36.5 Å². The number of ketones is 2. The van der Waals surface area contributed by atoms with Crippen LogP contribution in [0, 0.1) is 11.8 Å². The number of aromatic hydroxyl groups is 1. The molecule has 33 heavy (non-hydrogen) atoms. The fraction of sp³-hybridized carbons (Fsp3) is 0.476. The van der Waals surface area contributed by atoms with Gasteiger partial charge in [0.15, 0.2) is 22.9 Å². The van der Waals surface area contributed by atoms with Crippen LogP contribution in [0.15, 0.2) is 17.4 Å². The summed E-state index contributed by atoms with van der Waals surface area (Å²) in [5.74, 6) is -6.22. The molecule has 0 bridgehead atoms. The molecule has 0 saturated heterocycles. The number of nitrogens with zero attached hydrogens (tertiary/aromatic N) is 1. The topological polar surface area (TPSA) is 187 Å². The van der Waals surface area contributed by atoms with Crippen molar-refractivity contribution in [3.63, 3.8) is 0 Å². The maximum Gasteiger partial charge on any atom is 0.241 e. The number of nitrogens with two attached hydrogens (primary N) is 2. The highest BCUT2D eigenvalue weighted by atomic mass is 35.5. The number of aliphatic hydroxyl groups is 3. The number of phenols is 1. The van der Waals surface area contributed by atoms with Crippen LogP contribution in [0.4, 0.5) is 5.69 Å². The predicted octanol–water partition coefficient (Wildman–Crippen LogP) is 0.0871. The number of carbonyl (C=O) groups is 3. The number of likely N-dealkylation sites (N-methyl/N-ethyl adjacent to an activating group) is 1. The Balaban J connectivity index is 0.00000306. The van der Waals surface area contributed by atoms with Crippen LogP contribution in [0.3, 0.4) is 0 Å². The van der Waals surface area contributed by atoms with Gasteiger partial charge in [0.1, 0.15) is 11.3 Å². The number of benzene rings is 1. The number of hydrogen-bond donors (Lipinski definition) is 6. The molecule has 0 radical (unpaired) electrons. The smallest absolute Gasteiger partial charge is 0.241 e. The van der Waals surface area contributed by atoms with Crippen molar-refractivity contribution < 1.29 is 34.8 Å². The van der Waals surface area contributed by atoms with Gasteiger partial charge in [-0.1, -0.05) is 11.6 Å². The van der Waals surface area contributed by atoms with Gasteiger partial charge in [0.2, 0.25) is 5.91 Å². The zero-order valence-corrected chi connectivity index (χ0v) is 19.4. The SMILES string of the molecule is CN(C)C1(C(N)=O)C(O)CC(=O)C2(O)C(O)=C3C(=O)c4c(cc(Cl)c(N)c4O)CC3CC21.Cl. The lowest BCUT2D eigenvalue weighted by Crippen LogP contribution is -2.77. The van der Waals surface area contributed by atoms with Crippen molar-refractivity contribution in [1.29, 1.82) is 0 Å². The largest absolute Gasteiger partial charge is 0.508 e. The molecule has 4 rings (SSSR count). The van der Waals surface area contributed by atoms with Gasteiger partial charge in [-0.2, -0.15) is 0 Å². The van der Waals surface area contributed by atoms with Gasteiger partial charge in [-0.3, -0.25) is 19.3 Å². The summed E-state index contributed by atoms with van der Waals surface area (Å²) in [5, 5.41) is 43.8. The summed E-state index contributed by atoms with van der Waals surface area (Å²) in [6.07, 6.45) is -2.21. The molecule has 3 aliphatic carbocycles. The van der Waals surface area contributed by atoms with E-state index in [0.717, 1.165) is 0 Å². The molecule has 0 heterocycles. The highest BCUT2D eigenvalue weighted by molar-refractivity contribution is 6.34. The van der Waals surface area contributed by atoms with E-state index in [2.05, 4.69) is 0 Å². The number of hydrogen-bond acceptors (Lipinski definition) is 9. The van der Waals surface area contributed by atoms with Gasteiger partial charge in [0, 0.05) is 17.9 Å². The van der Waals surface area contributed by atoms with Crippen molar-refractivity contribution >= 4 is 47.2 Å². The summed E-state index contributed by atoms with van der Waals surface area (Å²) in [6.45, 7) is 0. The van der Waals surface area contributed by atoms with Gasteiger partial charge >= 0.3 is 0 Å². The summed E-state index contributed by atoms with van der Waals surface area (Å²) < 4.78 is 0. The lowest BCUT2D eigenvalue weighted by molar-refractivity contribution is -0.188. The van der Waals surface area contributed by atoms with E-state index in [4.69, 9.17) is 23.1 Å². The molecule has 5 unspecified atom stereocenters. The van der Waals surface area contributed by atoms with Gasteiger partial charge in [-0.25, -0.2) is 0 Å². The summed E-state index contributed by atoms with van der Waals surface area (Å²) in [7, 11) is 2.95. The highest BCUT2D eigenvalue weighted by Gasteiger charge is 2.70. The molecule has 12 heteroatoms. The van der Waals surface area contributed by atoms with Crippen molar-refractivity contribution in [1.82, 2.24) is 4.90 Å². The molecule has 3 aliphatic rings. The van der Waals surface area contributed by atoms with E-state index in [0.29, 0.717) is 5.56 Å². The summed E-state index contributed by atoms with van der Waals surface area (Å²) in [4.78, 5) is 40.2. The number of nitrogen functional groups attached to an aromatic ring is 1. The summed E-state index contributed by atoms with van der Waals surface area (Å²) in [6, 6.07) is 1.44. The number of aliphatic hydroxyl groups excluding tert-OH is 2. The lowest BCUT2D eigenvalue weighted by Gasteiger charge is -2.57. The third kappa shape index (κ3) is 2.95. The number of allylic oxidation sites excluding steroid dienone is 1. The van der Waals surface area contributed by atoms with Crippen molar-refractivity contribution in [2.75, 3.05) is 19.8 Å². The number of amides is 1. The zero-order valence-electron chi connectivity index (χ0n) is 17.8. The Hall–Kier alpha value is -2.37. The highest BCUT2D eigenvalue weighted by Crippen LogP contribution is 2.55. The van der Waals surface area contributed by atoms with E-state index in [-0.39, 0.29) is 47.1 Å². The second kappa shape index (κ2) is 7.85. The van der Waals surface area contributed by atoms with Crippen LogP contribution >= 0.6 is 24.0 Å². The van der Waals surface area contributed by atoms with Crippen molar-refractivity contribution in [2.24, 2.45) is 17.6 Å². The quantitative estimate of drug-likeness (QED) is 0.241. The molecule has 1 aromatic rings. The Morgan fingerprint density at radius 3 is 2.39 bits per heavy atom. The first-order valence-corrected chi connectivity index (χ1v) is 10.4. The second-order valence-corrected chi connectivity index (χ2v) is 9.34. The van der Waals surface area contributed by atoms with Crippen LogP contribution in [0.25, 0.3) is 0 Å². The van der Waals surface area contributed by atoms with E-state index >= 15 is 0 Å². The van der Waals surface area contributed by atoms with E-state index in [1.807, 2.05) is 0 Å². The molecule has 8 N–H and O–H groups in total. The number of phenolic OH excluding ortho intramolecular Hbond substituents is 1. The van der Waals surface area contributed by atoms with Crippen molar-refractivity contribution in [3.05, 3.63) is 33.5 Å². The monoisotopic (exact) mass is 501 g/mol. The molecule has 10 nitrogen and oxygen atoms in total. The van der Waals surface area contributed by atoms with Crippen LogP contribution in [0.2, 0.25) is 5.02 Å². The molecule has 1 fully saturated rings. The Morgan fingerprint density at radius 1 is 1.24 bits per heavy atom. The Bertz CT molecular complexity index is 1120. The second-order valence-electron chi connectivity index (χ2n) is 8.93. The van der Waals surface area contributed by atoms with Crippen LogP contribution in [0.1, 0.15) is 28.8 Å². The minimum Gasteiger partial charge on any atom is -0.508 e.